The Balaban J connectivity index is 0.00000264. The number of guanidine groups is 1. The quantitative estimate of drug-likeness (QED) is 0.286. The molecule has 0 bridgehead atoms. The van der Waals surface area contributed by atoms with Crippen LogP contribution in [0.4, 0.5) is 0 Å². The minimum absolute atomic E-state index is 0. The third kappa shape index (κ3) is 6.45. The summed E-state index contributed by atoms with van der Waals surface area (Å²) in [6.45, 7) is 3.25. The van der Waals surface area contributed by atoms with Crippen molar-refractivity contribution in [3.8, 4) is 0 Å². The van der Waals surface area contributed by atoms with Crippen LogP contribution in [0, 0.1) is 5.92 Å². The molecule has 1 atom stereocenters. The lowest BCUT2D eigenvalue weighted by Gasteiger charge is -2.21. The summed E-state index contributed by atoms with van der Waals surface area (Å²) in [6, 6.07) is 0.305. The number of nitrogens with one attached hydrogen (secondary N) is 2. The van der Waals surface area contributed by atoms with Gasteiger partial charge in [-0.3, -0.25) is 9.79 Å². The molecule has 2 fully saturated rings. The van der Waals surface area contributed by atoms with Crippen LogP contribution in [0.1, 0.15) is 38.5 Å². The average Bonchev–Trinajstić information content (AvgIpc) is 3.21. The average molecular weight is 438 g/mol. The summed E-state index contributed by atoms with van der Waals surface area (Å²) >= 11 is 0. The first-order chi connectivity index (χ1) is 10.7. The second-order valence-corrected chi connectivity index (χ2v) is 6.24. The molecule has 1 amide bonds. The number of methoxy groups -OCH3 is 1. The van der Waals surface area contributed by atoms with Gasteiger partial charge in [0.05, 0.1) is 0 Å². The second kappa shape index (κ2) is 11.1. The van der Waals surface area contributed by atoms with Gasteiger partial charge >= 0.3 is 0 Å². The van der Waals surface area contributed by atoms with Crippen LogP contribution in [0.3, 0.4) is 0 Å². The molecule has 7 heteroatoms. The van der Waals surface area contributed by atoms with Crippen LogP contribution in [0.25, 0.3) is 0 Å². The molecule has 23 heavy (non-hydrogen) atoms. The first-order valence-electron chi connectivity index (χ1n) is 8.49. The highest BCUT2D eigenvalue weighted by Gasteiger charge is 2.32. The maximum Gasteiger partial charge on any atom is 0.225 e. The van der Waals surface area contributed by atoms with Gasteiger partial charge in [-0.05, 0) is 25.7 Å². The second-order valence-electron chi connectivity index (χ2n) is 6.24. The van der Waals surface area contributed by atoms with Gasteiger partial charge in [0.1, 0.15) is 0 Å². The number of halogens is 1. The van der Waals surface area contributed by atoms with Gasteiger partial charge in [-0.1, -0.05) is 12.8 Å². The van der Waals surface area contributed by atoms with Crippen LogP contribution < -0.4 is 10.6 Å². The number of hydrogen-bond acceptors (Lipinski definition) is 3. The van der Waals surface area contributed by atoms with E-state index in [0.717, 1.165) is 57.9 Å². The molecule has 1 unspecified atom stereocenters. The summed E-state index contributed by atoms with van der Waals surface area (Å²) in [4.78, 5) is 18.7. The number of likely N-dealkylation sites (tertiary alicyclic amines) is 1. The zero-order chi connectivity index (χ0) is 15.8. The van der Waals surface area contributed by atoms with E-state index in [2.05, 4.69) is 15.6 Å². The molecule has 0 spiro atoms. The van der Waals surface area contributed by atoms with E-state index in [1.54, 1.807) is 14.2 Å². The zero-order valence-corrected chi connectivity index (χ0v) is 16.7. The van der Waals surface area contributed by atoms with Gasteiger partial charge in [0, 0.05) is 52.4 Å². The van der Waals surface area contributed by atoms with E-state index < -0.39 is 0 Å². The maximum atomic E-state index is 12.4. The van der Waals surface area contributed by atoms with Gasteiger partial charge < -0.3 is 20.3 Å². The van der Waals surface area contributed by atoms with Crippen molar-refractivity contribution >= 4 is 35.8 Å². The first-order valence-corrected chi connectivity index (χ1v) is 8.49. The Kier molecular flexibility index (Phi) is 9.85. The molecule has 1 saturated heterocycles. The monoisotopic (exact) mass is 438 g/mol. The fourth-order valence-electron chi connectivity index (χ4n) is 3.32. The van der Waals surface area contributed by atoms with Crippen LogP contribution in [0.2, 0.25) is 0 Å². The van der Waals surface area contributed by atoms with Crippen molar-refractivity contribution in [1.29, 1.82) is 0 Å². The molecular formula is C16H31IN4O2. The summed E-state index contributed by atoms with van der Waals surface area (Å²) in [5, 5.41) is 6.71. The van der Waals surface area contributed by atoms with Crippen molar-refractivity contribution in [2.75, 3.05) is 40.4 Å². The van der Waals surface area contributed by atoms with Gasteiger partial charge in [-0.15, -0.1) is 24.0 Å². The van der Waals surface area contributed by atoms with Crippen LogP contribution in [0.15, 0.2) is 4.99 Å². The highest BCUT2D eigenvalue weighted by molar-refractivity contribution is 14.0. The van der Waals surface area contributed by atoms with Gasteiger partial charge in [0.2, 0.25) is 5.91 Å². The normalized spacial score (nSPS) is 22.1. The molecule has 2 rings (SSSR count). The molecule has 1 heterocycles. The molecule has 1 aliphatic heterocycles. The van der Waals surface area contributed by atoms with Crippen LogP contribution >= 0.6 is 24.0 Å². The fraction of sp³-hybridized carbons (Fsp3) is 0.875. The molecule has 2 N–H and O–H groups in total. The number of nitrogens with zero attached hydrogens (tertiary/aromatic N) is 2. The lowest BCUT2D eigenvalue weighted by molar-refractivity contribution is -0.134. The van der Waals surface area contributed by atoms with Crippen molar-refractivity contribution in [2.24, 2.45) is 10.9 Å². The van der Waals surface area contributed by atoms with E-state index in [-0.39, 0.29) is 29.9 Å². The molecule has 1 saturated carbocycles. The van der Waals surface area contributed by atoms with Crippen molar-refractivity contribution < 1.29 is 9.53 Å². The van der Waals surface area contributed by atoms with Crippen molar-refractivity contribution in [1.82, 2.24) is 15.5 Å². The standard InChI is InChI=1S/C16H30N4O2.HI/c1-17-16(18-9-5-11-22-2)19-14-8-10-20(12-14)15(21)13-6-3-4-7-13;/h13-14H,3-12H2,1-2H3,(H2,17,18,19);1H. The highest BCUT2D eigenvalue weighted by Crippen LogP contribution is 2.27. The number of aliphatic imine (C=N–C) groups is 1. The SMILES string of the molecule is CN=C(NCCCOC)NC1CCN(C(=O)C2CCCC2)C1.I. The molecule has 1 aliphatic carbocycles. The van der Waals surface area contributed by atoms with Crippen molar-refractivity contribution in [2.45, 2.75) is 44.6 Å². The summed E-state index contributed by atoms with van der Waals surface area (Å²) in [5.41, 5.74) is 0. The van der Waals surface area contributed by atoms with E-state index >= 15 is 0 Å². The lowest BCUT2D eigenvalue weighted by atomic mass is 10.1. The van der Waals surface area contributed by atoms with Gasteiger partial charge in [0.15, 0.2) is 5.96 Å². The minimum atomic E-state index is 0. The maximum absolute atomic E-state index is 12.4. The number of ether oxygens (including phenoxy) is 1. The van der Waals surface area contributed by atoms with Crippen molar-refractivity contribution in [3.63, 3.8) is 0 Å². The molecular weight excluding hydrogens is 407 g/mol. The van der Waals surface area contributed by atoms with Gasteiger partial charge in [0.25, 0.3) is 0 Å². The molecule has 6 nitrogen and oxygen atoms in total. The largest absolute Gasteiger partial charge is 0.385 e. The summed E-state index contributed by atoms with van der Waals surface area (Å²) < 4.78 is 5.04. The van der Waals surface area contributed by atoms with E-state index in [1.807, 2.05) is 4.90 Å². The molecule has 134 valence electrons. The number of carbonyl (C=O) groups is 1. The third-order valence-corrected chi connectivity index (χ3v) is 4.59. The van der Waals surface area contributed by atoms with E-state index in [0.29, 0.717) is 11.9 Å². The number of rotatable bonds is 6. The number of carbonyl (C=O) groups excluding carboxylic acids is 1. The smallest absolute Gasteiger partial charge is 0.225 e. The molecule has 0 aromatic carbocycles. The van der Waals surface area contributed by atoms with E-state index in [1.165, 1.54) is 12.8 Å². The predicted molar refractivity (Wildman–Crippen MR) is 103 cm³/mol. The van der Waals surface area contributed by atoms with Crippen LogP contribution in [0.5, 0.6) is 0 Å². The van der Waals surface area contributed by atoms with Crippen molar-refractivity contribution in [3.05, 3.63) is 0 Å². The van der Waals surface area contributed by atoms with Gasteiger partial charge in [-0.25, -0.2) is 0 Å². The Morgan fingerprint density at radius 3 is 2.70 bits per heavy atom. The Morgan fingerprint density at radius 2 is 2.04 bits per heavy atom. The zero-order valence-electron chi connectivity index (χ0n) is 14.3. The minimum Gasteiger partial charge on any atom is -0.385 e. The van der Waals surface area contributed by atoms with Crippen LogP contribution in [-0.4, -0.2) is 63.2 Å². The van der Waals surface area contributed by atoms with Gasteiger partial charge in [-0.2, -0.15) is 0 Å². The molecule has 0 radical (unpaired) electrons. The Morgan fingerprint density at radius 1 is 1.30 bits per heavy atom. The predicted octanol–water partition coefficient (Wildman–Crippen LogP) is 1.60. The van der Waals surface area contributed by atoms with Crippen LogP contribution in [-0.2, 0) is 9.53 Å². The fourth-order valence-corrected chi connectivity index (χ4v) is 3.32. The summed E-state index contributed by atoms with van der Waals surface area (Å²) in [6.07, 6.45) is 6.53. The molecule has 2 aliphatic rings. The summed E-state index contributed by atoms with van der Waals surface area (Å²) in [7, 11) is 3.49. The Bertz CT molecular complexity index is 386. The highest BCUT2D eigenvalue weighted by atomic mass is 127. The Hall–Kier alpha value is -0.570. The van der Waals surface area contributed by atoms with E-state index in [9.17, 15) is 4.79 Å². The third-order valence-electron chi connectivity index (χ3n) is 4.59. The van der Waals surface area contributed by atoms with E-state index in [4.69, 9.17) is 4.74 Å². The number of hydrogen-bond donors (Lipinski definition) is 2. The number of amides is 1. The topological polar surface area (TPSA) is 66.0 Å². The lowest BCUT2D eigenvalue weighted by Crippen LogP contribution is -2.45. The molecule has 0 aromatic rings. The summed E-state index contributed by atoms with van der Waals surface area (Å²) in [5.74, 6) is 1.46. The molecule has 0 aromatic heterocycles. The Labute approximate surface area is 156 Å². The first kappa shape index (κ1) is 20.5.